The van der Waals surface area contributed by atoms with Crippen molar-refractivity contribution in [3.8, 4) is 11.4 Å². The number of benzene rings is 2. The highest BCUT2D eigenvalue weighted by Crippen LogP contribution is 2.41. The summed E-state index contributed by atoms with van der Waals surface area (Å²) in [5, 5.41) is 10.5. The van der Waals surface area contributed by atoms with Crippen LogP contribution in [0.3, 0.4) is 0 Å². The van der Waals surface area contributed by atoms with Crippen LogP contribution in [0.1, 0.15) is 49.8 Å². The summed E-state index contributed by atoms with van der Waals surface area (Å²) in [5.41, 5.74) is 5.36. The van der Waals surface area contributed by atoms with Crippen molar-refractivity contribution in [3.05, 3.63) is 101 Å². The van der Waals surface area contributed by atoms with Crippen molar-refractivity contribution < 1.29 is 14.0 Å². The maximum atomic E-state index is 14.3. The van der Waals surface area contributed by atoms with Crippen LogP contribution in [0.25, 0.3) is 28.1 Å². The first-order valence-electron chi connectivity index (χ1n) is 19.4. The first-order valence-corrected chi connectivity index (χ1v) is 19.4. The van der Waals surface area contributed by atoms with Crippen molar-refractivity contribution >= 4 is 45.8 Å². The van der Waals surface area contributed by atoms with Crippen LogP contribution < -0.4 is 26.1 Å². The van der Waals surface area contributed by atoms with E-state index in [1.807, 2.05) is 47.0 Å². The third kappa shape index (κ3) is 6.65. The molecule has 2 N–H and O–H groups in total. The summed E-state index contributed by atoms with van der Waals surface area (Å²) in [6, 6.07) is 21.9. The lowest BCUT2D eigenvalue weighted by atomic mass is 10.0. The number of halogens is 1. The van der Waals surface area contributed by atoms with Gasteiger partial charge in [-0.2, -0.15) is 5.10 Å². The topological polar surface area (TPSA) is 138 Å². The van der Waals surface area contributed by atoms with Gasteiger partial charge < -0.3 is 15.1 Å². The second kappa shape index (κ2) is 14.9. The van der Waals surface area contributed by atoms with Crippen LogP contribution >= 0.6 is 0 Å². The van der Waals surface area contributed by atoms with Gasteiger partial charge >= 0.3 is 5.69 Å². The number of hydrogen-bond acceptors (Lipinski definition) is 10. The molecule has 2 atom stereocenters. The second-order valence-corrected chi connectivity index (χ2v) is 14.9. The van der Waals surface area contributed by atoms with Gasteiger partial charge in [-0.1, -0.05) is 18.2 Å². The molecule has 3 saturated heterocycles. The van der Waals surface area contributed by atoms with Gasteiger partial charge in [-0.05, 0) is 92.4 Å². The van der Waals surface area contributed by atoms with Gasteiger partial charge in [-0.3, -0.25) is 28.9 Å². The van der Waals surface area contributed by atoms with E-state index in [4.69, 9.17) is 9.97 Å². The molecule has 3 aliphatic heterocycles. The quantitative estimate of drug-likeness (QED) is 0.152. The minimum absolute atomic E-state index is 0.0134. The molecule has 3 fully saturated rings. The summed E-state index contributed by atoms with van der Waals surface area (Å²) < 4.78 is 19.2. The van der Waals surface area contributed by atoms with Gasteiger partial charge in [0.15, 0.2) is 11.5 Å². The Balaban J connectivity index is 0.835. The van der Waals surface area contributed by atoms with Crippen LogP contribution in [0.4, 0.5) is 21.7 Å². The molecule has 0 aliphatic carbocycles. The Labute approximate surface area is 322 Å². The Bertz CT molecular complexity index is 2500. The average molecular weight is 758 g/mol. The molecule has 4 aromatic heterocycles. The molecule has 15 heteroatoms. The maximum Gasteiger partial charge on any atom is 0.329 e. The van der Waals surface area contributed by atoms with Crippen LogP contribution in [-0.4, -0.2) is 91.2 Å². The number of aromatic nitrogens is 6. The third-order valence-electron chi connectivity index (χ3n) is 11.4. The molecular formula is C41H44FN11O3. The molecule has 6 aromatic rings. The number of imidazole rings is 2. The number of anilines is 3. The number of carbonyl (C=O) groups is 2. The number of carbonyl (C=O) groups excluding carboxylic acids is 2. The smallest absolute Gasteiger partial charge is 0.329 e. The zero-order valence-electron chi connectivity index (χ0n) is 31.3. The molecule has 9 rings (SSSR count). The van der Waals surface area contributed by atoms with Crippen molar-refractivity contribution in [1.29, 1.82) is 0 Å². The lowest BCUT2D eigenvalue weighted by molar-refractivity contribution is -0.135. The van der Waals surface area contributed by atoms with E-state index in [0.29, 0.717) is 11.9 Å². The fourth-order valence-electron chi connectivity index (χ4n) is 8.55. The molecule has 7 heterocycles. The van der Waals surface area contributed by atoms with Crippen molar-refractivity contribution in [1.82, 2.24) is 38.9 Å². The van der Waals surface area contributed by atoms with Crippen molar-refractivity contribution in [3.63, 3.8) is 0 Å². The standard InChI is InChI=1S/C41H44FN11O3/c1-48-34-26-29(13-14-32(34)52(41(48)56)33-15-16-37(54)47-40(33)55)43-17-6-19-49-21-23-50(24-22-49)35-11-3-9-30(45-35)38-39(46-36-12-4-18-44-53(36)38)51-20-5-10-31(51)27-7-2-8-28(42)25-27/h2-4,7-9,11-14,18,25-26,31,33,43H,5-6,10,15-17,19-24H2,1H3,(H,47,54,55). The number of pyridine rings is 1. The molecule has 0 radical (unpaired) electrons. The number of hydrogen-bond donors (Lipinski definition) is 2. The number of nitrogens with zero attached hydrogens (tertiary/aromatic N) is 9. The molecule has 0 bridgehead atoms. The molecule has 0 spiro atoms. The SMILES string of the molecule is Cn1c(=O)n(C2CCC(=O)NC2=O)c2ccc(NCCCN3CCN(c4cccc(-c5c(N6CCCC6c6cccc(F)c6)nc6cccnn56)n4)CC3)cc21. The van der Waals surface area contributed by atoms with E-state index in [1.54, 1.807) is 29.9 Å². The molecule has 14 nitrogen and oxygen atoms in total. The molecular weight excluding hydrogens is 714 g/mol. The summed E-state index contributed by atoms with van der Waals surface area (Å²) in [6.07, 6.45) is 5.12. The summed E-state index contributed by atoms with van der Waals surface area (Å²) in [7, 11) is 1.70. The Kier molecular flexibility index (Phi) is 9.45. The van der Waals surface area contributed by atoms with Gasteiger partial charge in [0.1, 0.15) is 23.4 Å². The van der Waals surface area contributed by atoms with E-state index in [0.717, 1.165) is 111 Å². The highest BCUT2D eigenvalue weighted by molar-refractivity contribution is 6.00. The van der Waals surface area contributed by atoms with Gasteiger partial charge in [0.25, 0.3) is 0 Å². The predicted molar refractivity (Wildman–Crippen MR) is 212 cm³/mol. The minimum Gasteiger partial charge on any atom is -0.385 e. The lowest BCUT2D eigenvalue weighted by Crippen LogP contribution is -2.47. The fourth-order valence-corrected chi connectivity index (χ4v) is 8.55. The largest absolute Gasteiger partial charge is 0.385 e. The Hall–Kier alpha value is -6.09. The van der Waals surface area contributed by atoms with E-state index >= 15 is 0 Å². The monoisotopic (exact) mass is 757 g/mol. The van der Waals surface area contributed by atoms with Gasteiger partial charge in [-0.15, -0.1) is 0 Å². The molecule has 2 unspecified atom stereocenters. The number of piperidine rings is 1. The summed E-state index contributed by atoms with van der Waals surface area (Å²) in [5.74, 6) is 0.754. The van der Waals surface area contributed by atoms with E-state index in [9.17, 15) is 18.8 Å². The molecule has 3 aliphatic rings. The molecule has 2 aromatic carbocycles. The van der Waals surface area contributed by atoms with Crippen LogP contribution in [0.15, 0.2) is 83.8 Å². The molecule has 2 amide bonds. The van der Waals surface area contributed by atoms with Crippen LogP contribution in [0, 0.1) is 5.82 Å². The van der Waals surface area contributed by atoms with E-state index in [1.165, 1.54) is 10.6 Å². The van der Waals surface area contributed by atoms with Crippen LogP contribution in [0.5, 0.6) is 0 Å². The number of piperazine rings is 1. The highest BCUT2D eigenvalue weighted by Gasteiger charge is 2.33. The summed E-state index contributed by atoms with van der Waals surface area (Å²) in [4.78, 5) is 54.7. The minimum atomic E-state index is -0.702. The zero-order chi connectivity index (χ0) is 38.3. The number of fused-ring (bicyclic) bond motifs is 2. The highest BCUT2D eigenvalue weighted by atomic mass is 19.1. The number of imide groups is 1. The number of rotatable bonds is 10. The molecule has 0 saturated carbocycles. The van der Waals surface area contributed by atoms with Crippen molar-refractivity contribution in [2.75, 3.05) is 60.9 Å². The predicted octanol–water partition coefficient (Wildman–Crippen LogP) is 4.53. The van der Waals surface area contributed by atoms with Crippen LogP contribution in [0.2, 0.25) is 0 Å². The summed E-state index contributed by atoms with van der Waals surface area (Å²) >= 11 is 0. The van der Waals surface area contributed by atoms with Crippen LogP contribution in [-0.2, 0) is 16.6 Å². The second-order valence-electron chi connectivity index (χ2n) is 14.9. The zero-order valence-corrected chi connectivity index (χ0v) is 31.3. The van der Waals surface area contributed by atoms with Gasteiger partial charge in [0.05, 0.1) is 22.8 Å². The number of aryl methyl sites for hydroxylation is 1. The van der Waals surface area contributed by atoms with E-state index in [2.05, 4.69) is 42.6 Å². The Morgan fingerprint density at radius 3 is 2.57 bits per heavy atom. The van der Waals surface area contributed by atoms with E-state index < -0.39 is 11.9 Å². The van der Waals surface area contributed by atoms with Gasteiger partial charge in [0, 0.05) is 64.6 Å². The lowest BCUT2D eigenvalue weighted by Gasteiger charge is -2.35. The first-order chi connectivity index (χ1) is 27.3. The average Bonchev–Trinajstić information content (AvgIpc) is 3.92. The third-order valence-corrected chi connectivity index (χ3v) is 11.4. The van der Waals surface area contributed by atoms with E-state index in [-0.39, 0.29) is 29.9 Å². The fraction of sp³-hybridized carbons (Fsp3) is 0.366. The van der Waals surface area contributed by atoms with Gasteiger partial charge in [-0.25, -0.2) is 23.7 Å². The molecule has 56 heavy (non-hydrogen) atoms. The Morgan fingerprint density at radius 1 is 0.875 bits per heavy atom. The number of amides is 2. The maximum absolute atomic E-state index is 14.3. The van der Waals surface area contributed by atoms with Crippen molar-refractivity contribution in [2.45, 2.75) is 44.2 Å². The Morgan fingerprint density at radius 2 is 1.73 bits per heavy atom. The van der Waals surface area contributed by atoms with Gasteiger partial charge in [0.2, 0.25) is 11.8 Å². The van der Waals surface area contributed by atoms with Crippen molar-refractivity contribution in [2.24, 2.45) is 7.05 Å². The molecule has 288 valence electrons. The normalized spacial score (nSPS) is 19.3. The first kappa shape index (κ1) is 35.6. The number of nitrogens with one attached hydrogen (secondary N) is 2. The summed E-state index contributed by atoms with van der Waals surface area (Å²) in [6.45, 7) is 6.06.